The number of hydrogen-bond donors (Lipinski definition) is 0. The first kappa shape index (κ1) is 7.81. The average Bonchev–Trinajstić information content (AvgIpc) is 2.97. The fourth-order valence-corrected chi connectivity index (χ4v) is 1.22. The highest BCUT2D eigenvalue weighted by Gasteiger charge is 2.38. The molecule has 1 amide bonds. The van der Waals surface area contributed by atoms with Crippen LogP contribution in [-0.4, -0.2) is 23.4 Å². The lowest BCUT2D eigenvalue weighted by molar-refractivity contribution is 0.0879. The molecule has 2 rings (SSSR count). The van der Waals surface area contributed by atoms with Gasteiger partial charge in [-0.2, -0.15) is 5.26 Å². The molecule has 0 bridgehead atoms. The predicted molar refractivity (Wildman–Crippen MR) is 46.9 cm³/mol. The van der Waals surface area contributed by atoms with Gasteiger partial charge in [0.05, 0.1) is 12.6 Å². The van der Waals surface area contributed by atoms with Crippen molar-refractivity contribution in [1.29, 1.82) is 5.26 Å². The first-order chi connectivity index (χ1) is 6.33. The van der Waals surface area contributed by atoms with Crippen molar-refractivity contribution in [1.82, 2.24) is 4.90 Å². The van der Waals surface area contributed by atoms with Crippen LogP contribution >= 0.6 is 0 Å². The zero-order valence-corrected chi connectivity index (χ0v) is 6.97. The maximum absolute atomic E-state index is 11.6. The second kappa shape index (κ2) is 2.91. The maximum Gasteiger partial charge on any atom is 0.255 e. The van der Waals surface area contributed by atoms with Gasteiger partial charge in [-0.05, 0) is 12.1 Å². The molecule has 0 radical (unpaired) electrons. The van der Waals surface area contributed by atoms with Gasteiger partial charge in [0.2, 0.25) is 0 Å². The van der Waals surface area contributed by atoms with Crippen molar-refractivity contribution in [3.63, 3.8) is 0 Å². The SMILES string of the molecule is N#CC1CN1C(=O)c1ccccc1. The molecule has 1 heterocycles. The van der Waals surface area contributed by atoms with Gasteiger partial charge in [0.25, 0.3) is 5.91 Å². The number of rotatable bonds is 1. The lowest BCUT2D eigenvalue weighted by atomic mass is 10.2. The zero-order valence-electron chi connectivity index (χ0n) is 6.97. The summed E-state index contributed by atoms with van der Waals surface area (Å²) in [4.78, 5) is 13.1. The molecule has 1 saturated heterocycles. The summed E-state index contributed by atoms with van der Waals surface area (Å²) >= 11 is 0. The van der Waals surface area contributed by atoms with E-state index in [4.69, 9.17) is 5.26 Å². The van der Waals surface area contributed by atoms with Crippen LogP contribution in [0.1, 0.15) is 10.4 Å². The molecule has 1 aliphatic heterocycles. The Morgan fingerprint density at radius 3 is 2.69 bits per heavy atom. The summed E-state index contributed by atoms with van der Waals surface area (Å²) in [6.45, 7) is 0.574. The van der Waals surface area contributed by atoms with E-state index in [0.29, 0.717) is 12.1 Å². The van der Waals surface area contributed by atoms with Crippen molar-refractivity contribution in [3.05, 3.63) is 35.9 Å². The van der Waals surface area contributed by atoms with Gasteiger partial charge in [-0.3, -0.25) is 4.79 Å². The first-order valence-electron chi connectivity index (χ1n) is 4.08. The molecule has 13 heavy (non-hydrogen) atoms. The highest BCUT2D eigenvalue weighted by molar-refractivity contribution is 5.96. The normalized spacial score (nSPS) is 19.3. The van der Waals surface area contributed by atoms with Crippen LogP contribution in [0.25, 0.3) is 0 Å². The molecule has 0 aliphatic carbocycles. The van der Waals surface area contributed by atoms with Gasteiger partial charge in [0.15, 0.2) is 0 Å². The van der Waals surface area contributed by atoms with E-state index in [0.717, 1.165) is 0 Å². The third-order valence-electron chi connectivity index (χ3n) is 2.04. The number of benzene rings is 1. The molecular formula is C10H8N2O. The first-order valence-corrected chi connectivity index (χ1v) is 4.08. The van der Waals surface area contributed by atoms with Crippen molar-refractivity contribution in [2.45, 2.75) is 6.04 Å². The van der Waals surface area contributed by atoms with Gasteiger partial charge in [-0.1, -0.05) is 18.2 Å². The molecule has 0 N–H and O–H groups in total. The van der Waals surface area contributed by atoms with E-state index >= 15 is 0 Å². The maximum atomic E-state index is 11.6. The van der Waals surface area contributed by atoms with Gasteiger partial charge in [0.1, 0.15) is 6.04 Å². The Kier molecular flexibility index (Phi) is 1.75. The van der Waals surface area contributed by atoms with Crippen molar-refractivity contribution in [2.24, 2.45) is 0 Å². The monoisotopic (exact) mass is 172 g/mol. The second-order valence-electron chi connectivity index (χ2n) is 2.97. The predicted octanol–water partition coefficient (Wildman–Crippen LogP) is 1.03. The average molecular weight is 172 g/mol. The van der Waals surface area contributed by atoms with Gasteiger partial charge in [-0.25, -0.2) is 0 Å². The molecule has 1 atom stereocenters. The molecule has 0 spiro atoms. The quantitative estimate of drug-likeness (QED) is 0.594. The molecule has 1 aromatic carbocycles. The molecule has 3 heteroatoms. The lowest BCUT2D eigenvalue weighted by Gasteiger charge is -2.00. The summed E-state index contributed by atoms with van der Waals surface area (Å²) in [5.41, 5.74) is 0.653. The van der Waals surface area contributed by atoms with E-state index in [-0.39, 0.29) is 11.9 Å². The smallest absolute Gasteiger partial charge is 0.255 e. The van der Waals surface area contributed by atoms with E-state index < -0.39 is 0 Å². The zero-order chi connectivity index (χ0) is 9.26. The highest BCUT2D eigenvalue weighted by atomic mass is 16.2. The largest absolute Gasteiger partial charge is 0.318 e. The molecule has 64 valence electrons. The molecule has 1 aliphatic rings. The second-order valence-corrected chi connectivity index (χ2v) is 2.97. The highest BCUT2D eigenvalue weighted by Crippen LogP contribution is 2.19. The van der Waals surface area contributed by atoms with E-state index in [9.17, 15) is 4.79 Å². The Morgan fingerprint density at radius 1 is 1.46 bits per heavy atom. The number of hydrogen-bond acceptors (Lipinski definition) is 2. The van der Waals surface area contributed by atoms with E-state index in [1.165, 1.54) is 0 Å². The molecule has 1 aromatic rings. The summed E-state index contributed by atoms with van der Waals surface area (Å²) in [7, 11) is 0. The third kappa shape index (κ3) is 1.38. The molecule has 0 aromatic heterocycles. The minimum absolute atomic E-state index is 0.0489. The van der Waals surface area contributed by atoms with E-state index in [2.05, 4.69) is 0 Å². The fraction of sp³-hybridized carbons (Fsp3) is 0.200. The number of nitrogens with zero attached hydrogens (tertiary/aromatic N) is 2. The van der Waals surface area contributed by atoms with Crippen LogP contribution < -0.4 is 0 Å². The third-order valence-corrected chi connectivity index (χ3v) is 2.04. The summed E-state index contributed by atoms with van der Waals surface area (Å²) < 4.78 is 0. The van der Waals surface area contributed by atoms with Crippen LogP contribution in [0, 0.1) is 11.3 Å². The van der Waals surface area contributed by atoms with E-state index in [1.54, 1.807) is 17.0 Å². The standard InChI is InChI=1S/C10H8N2O/c11-6-9-7-12(9)10(13)8-4-2-1-3-5-8/h1-5,9H,7H2. The Hall–Kier alpha value is -1.82. The number of amides is 1. The molecule has 1 fully saturated rings. The molecular weight excluding hydrogens is 164 g/mol. The molecule has 1 unspecified atom stereocenters. The Labute approximate surface area is 76.2 Å². The van der Waals surface area contributed by atoms with Crippen LogP contribution in [0.3, 0.4) is 0 Å². The molecule has 0 saturated carbocycles. The Morgan fingerprint density at radius 2 is 2.15 bits per heavy atom. The summed E-state index contributed by atoms with van der Waals surface area (Å²) in [6.07, 6.45) is 0. The summed E-state index contributed by atoms with van der Waals surface area (Å²) in [5.74, 6) is -0.0489. The lowest BCUT2D eigenvalue weighted by Crippen LogP contribution is -2.12. The Bertz CT molecular complexity index is 366. The number of carbonyl (C=O) groups excluding carboxylic acids is 1. The van der Waals surface area contributed by atoms with Crippen LogP contribution in [0.2, 0.25) is 0 Å². The minimum atomic E-state index is -0.201. The fourth-order valence-electron chi connectivity index (χ4n) is 1.22. The van der Waals surface area contributed by atoms with Gasteiger partial charge in [-0.15, -0.1) is 0 Å². The van der Waals surface area contributed by atoms with Crippen LogP contribution in [0.15, 0.2) is 30.3 Å². The number of carbonyl (C=O) groups is 1. The van der Waals surface area contributed by atoms with E-state index in [1.807, 2.05) is 24.3 Å². The van der Waals surface area contributed by atoms with Crippen molar-refractivity contribution in [2.75, 3.05) is 6.54 Å². The number of nitriles is 1. The minimum Gasteiger partial charge on any atom is -0.318 e. The van der Waals surface area contributed by atoms with Crippen molar-refractivity contribution in [3.8, 4) is 6.07 Å². The van der Waals surface area contributed by atoms with Gasteiger partial charge in [0, 0.05) is 5.56 Å². The van der Waals surface area contributed by atoms with Crippen LogP contribution in [-0.2, 0) is 0 Å². The van der Waals surface area contributed by atoms with Crippen molar-refractivity contribution >= 4 is 5.91 Å². The van der Waals surface area contributed by atoms with Crippen molar-refractivity contribution < 1.29 is 4.79 Å². The van der Waals surface area contributed by atoms with Crippen LogP contribution in [0.4, 0.5) is 0 Å². The van der Waals surface area contributed by atoms with Gasteiger partial charge >= 0.3 is 0 Å². The van der Waals surface area contributed by atoms with Crippen LogP contribution in [0.5, 0.6) is 0 Å². The van der Waals surface area contributed by atoms with Gasteiger partial charge < -0.3 is 4.90 Å². The summed E-state index contributed by atoms with van der Waals surface area (Å²) in [6, 6.07) is 10.9. The molecule has 3 nitrogen and oxygen atoms in total. The summed E-state index contributed by atoms with van der Waals surface area (Å²) in [5, 5.41) is 8.53. The topological polar surface area (TPSA) is 43.9 Å². The Balaban J connectivity index is 2.13.